The molecular formula is C11H16N2O3. The molecular weight excluding hydrogens is 208 g/mol. The van der Waals surface area contributed by atoms with Crippen LogP contribution in [0.3, 0.4) is 0 Å². The summed E-state index contributed by atoms with van der Waals surface area (Å²) in [6.07, 6.45) is -0.437. The highest BCUT2D eigenvalue weighted by Crippen LogP contribution is 2.18. The molecule has 0 radical (unpaired) electrons. The van der Waals surface area contributed by atoms with Gasteiger partial charge in [0.15, 0.2) is 0 Å². The van der Waals surface area contributed by atoms with Crippen molar-refractivity contribution < 1.29 is 10.0 Å². The Hall–Kier alpha value is -1.46. The Balaban J connectivity index is 2.76. The summed E-state index contributed by atoms with van der Waals surface area (Å²) >= 11 is 0. The van der Waals surface area contributed by atoms with Gasteiger partial charge in [-0.2, -0.15) is 0 Å². The van der Waals surface area contributed by atoms with Crippen LogP contribution in [0.25, 0.3) is 0 Å². The second kappa shape index (κ2) is 5.58. The van der Waals surface area contributed by atoms with Gasteiger partial charge in [-0.3, -0.25) is 15.0 Å². The highest BCUT2D eigenvalue weighted by molar-refractivity contribution is 5.39. The molecule has 0 amide bonds. The predicted octanol–water partition coefficient (Wildman–Crippen LogP) is 1.41. The van der Waals surface area contributed by atoms with E-state index in [0.717, 1.165) is 0 Å². The van der Waals surface area contributed by atoms with Gasteiger partial charge in [0.05, 0.1) is 11.0 Å². The zero-order chi connectivity index (χ0) is 12.1. The summed E-state index contributed by atoms with van der Waals surface area (Å²) in [5.41, 5.74) is 0.788. The number of likely N-dealkylation sites (N-methyl/N-ethyl adjacent to an activating group) is 1. The molecule has 5 nitrogen and oxygen atoms in total. The van der Waals surface area contributed by atoms with Gasteiger partial charge in [0.2, 0.25) is 0 Å². The maximum Gasteiger partial charge on any atom is 0.273 e. The van der Waals surface area contributed by atoms with E-state index in [1.54, 1.807) is 25.1 Å². The number of nitro benzene ring substituents is 1. The number of hydrogen-bond acceptors (Lipinski definition) is 4. The zero-order valence-electron chi connectivity index (χ0n) is 9.46. The van der Waals surface area contributed by atoms with Crippen molar-refractivity contribution in [3.63, 3.8) is 0 Å². The topological polar surface area (TPSA) is 66.6 Å². The molecule has 0 saturated heterocycles. The summed E-state index contributed by atoms with van der Waals surface area (Å²) in [4.78, 5) is 12.2. The van der Waals surface area contributed by atoms with E-state index in [9.17, 15) is 15.2 Å². The zero-order valence-corrected chi connectivity index (χ0v) is 9.46. The van der Waals surface area contributed by atoms with Crippen molar-refractivity contribution in [2.24, 2.45) is 0 Å². The minimum atomic E-state index is -0.437. The second-order valence-electron chi connectivity index (χ2n) is 3.93. The average molecular weight is 224 g/mol. The molecule has 1 atom stereocenters. The first kappa shape index (κ1) is 12.6. The molecule has 0 heterocycles. The molecule has 0 aliphatic rings. The molecule has 88 valence electrons. The molecule has 0 spiro atoms. The van der Waals surface area contributed by atoms with Crippen LogP contribution < -0.4 is 0 Å². The lowest BCUT2D eigenvalue weighted by atomic mass is 10.1. The predicted molar refractivity (Wildman–Crippen MR) is 61.1 cm³/mol. The summed E-state index contributed by atoms with van der Waals surface area (Å²) in [6.45, 7) is 2.64. The smallest absolute Gasteiger partial charge is 0.273 e. The summed E-state index contributed by atoms with van der Waals surface area (Å²) in [6, 6.07) is 6.65. The maximum absolute atomic E-state index is 10.8. The molecule has 0 bridgehead atoms. The molecule has 0 aliphatic heterocycles. The molecule has 0 aromatic heterocycles. The van der Waals surface area contributed by atoms with E-state index in [4.69, 9.17) is 0 Å². The van der Waals surface area contributed by atoms with Gasteiger partial charge >= 0.3 is 0 Å². The number of hydrogen-bond donors (Lipinski definition) is 1. The van der Waals surface area contributed by atoms with Crippen molar-refractivity contribution in [1.29, 1.82) is 0 Å². The maximum atomic E-state index is 10.8. The van der Waals surface area contributed by atoms with E-state index in [2.05, 4.69) is 0 Å². The fourth-order valence-electron chi connectivity index (χ4n) is 1.63. The highest BCUT2D eigenvalue weighted by atomic mass is 16.6. The van der Waals surface area contributed by atoms with Gasteiger partial charge < -0.3 is 5.11 Å². The number of benzene rings is 1. The molecule has 1 rings (SSSR count). The van der Waals surface area contributed by atoms with Crippen LogP contribution in [-0.2, 0) is 6.54 Å². The monoisotopic (exact) mass is 224 g/mol. The number of aliphatic hydroxyl groups excluding tert-OH is 1. The van der Waals surface area contributed by atoms with Crippen LogP contribution in [0.4, 0.5) is 5.69 Å². The van der Waals surface area contributed by atoms with Crippen LogP contribution in [0.5, 0.6) is 0 Å². The van der Waals surface area contributed by atoms with Crippen LogP contribution in [0.2, 0.25) is 0 Å². The molecule has 0 aliphatic carbocycles. The summed E-state index contributed by atoms with van der Waals surface area (Å²) < 4.78 is 0. The second-order valence-corrected chi connectivity index (χ2v) is 3.93. The summed E-state index contributed by atoms with van der Waals surface area (Å²) in [7, 11) is 1.82. The first-order chi connectivity index (χ1) is 7.50. The van der Waals surface area contributed by atoms with Gasteiger partial charge in [0, 0.05) is 24.7 Å². The highest BCUT2D eigenvalue weighted by Gasteiger charge is 2.14. The largest absolute Gasteiger partial charge is 0.392 e. The standard InChI is InChI=1S/C11H16N2O3/c1-9(14)7-12(2)8-10-5-3-4-6-11(10)13(15)16/h3-6,9,14H,7-8H2,1-2H3. The molecule has 0 fully saturated rings. The molecule has 1 N–H and O–H groups in total. The molecule has 1 aromatic carbocycles. The number of nitrogens with zero attached hydrogens (tertiary/aromatic N) is 2. The van der Waals surface area contributed by atoms with Crippen molar-refractivity contribution in [3.8, 4) is 0 Å². The summed E-state index contributed by atoms with van der Waals surface area (Å²) in [5, 5.41) is 20.0. The first-order valence-electron chi connectivity index (χ1n) is 5.09. The minimum Gasteiger partial charge on any atom is -0.392 e. The Morgan fingerprint density at radius 2 is 2.12 bits per heavy atom. The lowest BCUT2D eigenvalue weighted by Crippen LogP contribution is -2.27. The van der Waals surface area contributed by atoms with E-state index in [1.807, 2.05) is 11.9 Å². The van der Waals surface area contributed by atoms with Gasteiger partial charge in [-0.1, -0.05) is 18.2 Å². The Kier molecular flexibility index (Phi) is 4.39. The number of para-hydroxylation sites is 1. The fraction of sp³-hybridized carbons (Fsp3) is 0.455. The normalized spacial score (nSPS) is 12.8. The van der Waals surface area contributed by atoms with Crippen LogP contribution in [-0.4, -0.2) is 34.6 Å². The van der Waals surface area contributed by atoms with E-state index in [0.29, 0.717) is 18.7 Å². The van der Waals surface area contributed by atoms with Crippen LogP contribution in [0.1, 0.15) is 12.5 Å². The van der Waals surface area contributed by atoms with Crippen LogP contribution in [0, 0.1) is 10.1 Å². The third-order valence-corrected chi connectivity index (χ3v) is 2.20. The molecule has 16 heavy (non-hydrogen) atoms. The Morgan fingerprint density at radius 1 is 1.50 bits per heavy atom. The SMILES string of the molecule is CC(O)CN(C)Cc1ccccc1[N+](=O)[O-]. The van der Waals surface area contributed by atoms with Crippen molar-refractivity contribution in [3.05, 3.63) is 39.9 Å². The van der Waals surface area contributed by atoms with Gasteiger partial charge in [-0.25, -0.2) is 0 Å². The Morgan fingerprint density at radius 3 is 2.69 bits per heavy atom. The molecule has 1 unspecified atom stereocenters. The molecule has 1 aromatic rings. The van der Waals surface area contributed by atoms with Crippen LogP contribution in [0.15, 0.2) is 24.3 Å². The van der Waals surface area contributed by atoms with Gasteiger partial charge in [-0.15, -0.1) is 0 Å². The molecule has 0 saturated carbocycles. The van der Waals surface area contributed by atoms with E-state index < -0.39 is 6.10 Å². The lowest BCUT2D eigenvalue weighted by Gasteiger charge is -2.18. The third-order valence-electron chi connectivity index (χ3n) is 2.20. The van der Waals surface area contributed by atoms with E-state index in [-0.39, 0.29) is 10.6 Å². The van der Waals surface area contributed by atoms with Gasteiger partial charge in [0.25, 0.3) is 5.69 Å². The van der Waals surface area contributed by atoms with Gasteiger partial charge in [0.1, 0.15) is 0 Å². The number of aliphatic hydroxyl groups is 1. The average Bonchev–Trinajstić information content (AvgIpc) is 2.16. The van der Waals surface area contributed by atoms with Crippen LogP contribution >= 0.6 is 0 Å². The lowest BCUT2D eigenvalue weighted by molar-refractivity contribution is -0.385. The third kappa shape index (κ3) is 3.60. The minimum absolute atomic E-state index is 0.125. The van der Waals surface area contributed by atoms with E-state index in [1.165, 1.54) is 6.07 Å². The number of nitro groups is 1. The van der Waals surface area contributed by atoms with E-state index >= 15 is 0 Å². The van der Waals surface area contributed by atoms with Crippen molar-refractivity contribution >= 4 is 5.69 Å². The van der Waals surface area contributed by atoms with Crippen molar-refractivity contribution in [2.45, 2.75) is 19.6 Å². The van der Waals surface area contributed by atoms with Crippen molar-refractivity contribution in [2.75, 3.05) is 13.6 Å². The first-order valence-corrected chi connectivity index (χ1v) is 5.09. The van der Waals surface area contributed by atoms with Crippen molar-refractivity contribution in [1.82, 2.24) is 4.90 Å². The Bertz CT molecular complexity index is 366. The quantitative estimate of drug-likeness (QED) is 0.606. The summed E-state index contributed by atoms with van der Waals surface area (Å²) in [5.74, 6) is 0. The fourth-order valence-corrected chi connectivity index (χ4v) is 1.63. The molecule has 5 heteroatoms. The van der Waals surface area contributed by atoms with Gasteiger partial charge in [-0.05, 0) is 14.0 Å². The number of rotatable bonds is 5. The Labute approximate surface area is 94.5 Å².